The summed E-state index contributed by atoms with van der Waals surface area (Å²) in [5.74, 6) is -0.369. The first kappa shape index (κ1) is 19.1. The molecule has 0 saturated heterocycles. The maximum atomic E-state index is 12.2. The zero-order valence-electron chi connectivity index (χ0n) is 14.8. The molecule has 134 valence electrons. The number of hydrogen-bond donors (Lipinski definition) is 2. The Kier molecular flexibility index (Phi) is 6.33. The second-order valence-electron chi connectivity index (χ2n) is 5.92. The Bertz CT molecular complexity index is 787. The average molecular weight is 408 g/mol. The summed E-state index contributed by atoms with van der Waals surface area (Å²) in [4.78, 5) is 26.0. The second-order valence-corrected chi connectivity index (χ2v) is 6.77. The van der Waals surface area contributed by atoms with Crippen molar-refractivity contribution >= 4 is 39.1 Å². The van der Waals surface area contributed by atoms with E-state index in [1.807, 2.05) is 45.2 Å². The molecule has 7 nitrogen and oxygen atoms in total. The molecule has 0 atom stereocenters. The van der Waals surface area contributed by atoms with Crippen LogP contribution in [0.4, 0.5) is 11.4 Å². The van der Waals surface area contributed by atoms with Gasteiger partial charge in [-0.3, -0.25) is 19.2 Å². The van der Waals surface area contributed by atoms with Gasteiger partial charge in [-0.15, -0.1) is 0 Å². The zero-order chi connectivity index (χ0) is 18.6. The minimum Gasteiger partial charge on any atom is -0.324 e. The molecule has 0 aliphatic rings. The van der Waals surface area contributed by atoms with E-state index in [1.54, 1.807) is 16.6 Å². The van der Waals surface area contributed by atoms with Crippen LogP contribution in [-0.2, 0) is 16.6 Å². The number of rotatable bonds is 6. The summed E-state index contributed by atoms with van der Waals surface area (Å²) >= 11 is 3.38. The maximum absolute atomic E-state index is 12.2. The van der Waals surface area contributed by atoms with Gasteiger partial charge in [0, 0.05) is 11.5 Å². The van der Waals surface area contributed by atoms with E-state index in [4.69, 9.17) is 0 Å². The van der Waals surface area contributed by atoms with E-state index in [-0.39, 0.29) is 24.9 Å². The van der Waals surface area contributed by atoms with Crippen LogP contribution in [0.5, 0.6) is 0 Å². The first-order valence-electron chi connectivity index (χ1n) is 7.81. The van der Waals surface area contributed by atoms with Gasteiger partial charge >= 0.3 is 0 Å². The van der Waals surface area contributed by atoms with Crippen molar-refractivity contribution in [1.82, 2.24) is 14.7 Å². The number of amides is 2. The van der Waals surface area contributed by atoms with Crippen LogP contribution in [-0.4, -0.2) is 46.6 Å². The molecule has 0 radical (unpaired) electrons. The molecular weight excluding hydrogens is 386 g/mol. The van der Waals surface area contributed by atoms with Crippen molar-refractivity contribution in [2.75, 3.05) is 30.8 Å². The van der Waals surface area contributed by atoms with E-state index in [1.165, 1.54) is 0 Å². The smallest absolute Gasteiger partial charge is 0.238 e. The quantitative estimate of drug-likeness (QED) is 0.769. The minimum atomic E-state index is -0.185. The number of benzene rings is 1. The number of anilines is 2. The average Bonchev–Trinajstić information content (AvgIpc) is 2.75. The number of hydrogen-bond acceptors (Lipinski definition) is 4. The SMILES string of the molecule is Cc1nn(C)c(C)c1NC(=O)CN(C)CC(=O)Nc1ccccc1Br. The summed E-state index contributed by atoms with van der Waals surface area (Å²) < 4.78 is 2.53. The highest BCUT2D eigenvalue weighted by molar-refractivity contribution is 9.10. The van der Waals surface area contributed by atoms with Gasteiger partial charge in [-0.2, -0.15) is 5.10 Å². The molecular formula is C17H22BrN5O2. The summed E-state index contributed by atoms with van der Waals surface area (Å²) in [5, 5.41) is 9.94. The third kappa shape index (κ3) is 5.14. The van der Waals surface area contributed by atoms with Gasteiger partial charge in [0.05, 0.1) is 35.9 Å². The van der Waals surface area contributed by atoms with E-state index in [9.17, 15) is 9.59 Å². The molecule has 0 saturated carbocycles. The van der Waals surface area contributed by atoms with Crippen molar-refractivity contribution in [3.05, 3.63) is 40.1 Å². The summed E-state index contributed by atoms with van der Waals surface area (Å²) in [6.45, 7) is 3.96. The van der Waals surface area contributed by atoms with Gasteiger partial charge in [0.15, 0.2) is 0 Å². The van der Waals surface area contributed by atoms with Crippen molar-refractivity contribution in [3.63, 3.8) is 0 Å². The van der Waals surface area contributed by atoms with Crippen molar-refractivity contribution in [1.29, 1.82) is 0 Å². The normalized spacial score (nSPS) is 10.8. The van der Waals surface area contributed by atoms with E-state index in [2.05, 4.69) is 31.7 Å². The number of nitrogens with zero attached hydrogens (tertiary/aromatic N) is 3. The molecule has 0 aliphatic heterocycles. The third-order valence-electron chi connectivity index (χ3n) is 3.75. The van der Waals surface area contributed by atoms with Crippen LogP contribution in [0.3, 0.4) is 0 Å². The van der Waals surface area contributed by atoms with Crippen LogP contribution in [0.2, 0.25) is 0 Å². The van der Waals surface area contributed by atoms with Gasteiger partial charge in [-0.1, -0.05) is 12.1 Å². The number of likely N-dealkylation sites (N-methyl/N-ethyl adjacent to an activating group) is 1. The number of carbonyl (C=O) groups is 2. The van der Waals surface area contributed by atoms with Gasteiger partial charge in [0.1, 0.15) is 0 Å². The number of nitrogens with one attached hydrogen (secondary N) is 2. The van der Waals surface area contributed by atoms with Crippen molar-refractivity contribution in [3.8, 4) is 0 Å². The molecule has 1 aromatic carbocycles. The number of aromatic nitrogens is 2. The van der Waals surface area contributed by atoms with E-state index >= 15 is 0 Å². The Labute approximate surface area is 155 Å². The van der Waals surface area contributed by atoms with Crippen LogP contribution < -0.4 is 10.6 Å². The minimum absolute atomic E-state index is 0.108. The Hall–Kier alpha value is -2.19. The lowest BCUT2D eigenvalue weighted by Gasteiger charge is -2.16. The zero-order valence-corrected chi connectivity index (χ0v) is 16.3. The standard InChI is InChI=1S/C17H22BrN5O2/c1-11-17(12(2)23(4)21-11)20-16(25)10-22(3)9-15(24)19-14-8-6-5-7-13(14)18/h5-8H,9-10H2,1-4H3,(H,19,24)(H,20,25). The topological polar surface area (TPSA) is 79.3 Å². The van der Waals surface area contributed by atoms with Gasteiger partial charge < -0.3 is 10.6 Å². The van der Waals surface area contributed by atoms with Crippen molar-refractivity contribution < 1.29 is 9.59 Å². The van der Waals surface area contributed by atoms with Gasteiger partial charge in [-0.05, 0) is 49.0 Å². The lowest BCUT2D eigenvalue weighted by atomic mass is 10.3. The highest BCUT2D eigenvalue weighted by Crippen LogP contribution is 2.21. The molecule has 0 bridgehead atoms. The summed E-state index contributed by atoms with van der Waals surface area (Å²) in [6.07, 6.45) is 0. The fourth-order valence-electron chi connectivity index (χ4n) is 2.43. The molecule has 2 N–H and O–H groups in total. The number of halogens is 1. The predicted octanol–water partition coefficient (Wildman–Crippen LogP) is 2.31. The fourth-order valence-corrected chi connectivity index (χ4v) is 2.82. The summed E-state index contributed by atoms with van der Waals surface area (Å²) in [5.41, 5.74) is 3.08. The first-order valence-corrected chi connectivity index (χ1v) is 8.60. The van der Waals surface area contributed by atoms with E-state index in [0.717, 1.165) is 21.5 Å². The largest absolute Gasteiger partial charge is 0.324 e. The van der Waals surface area contributed by atoms with E-state index in [0.29, 0.717) is 5.69 Å². The van der Waals surface area contributed by atoms with Crippen molar-refractivity contribution in [2.45, 2.75) is 13.8 Å². The Balaban J connectivity index is 1.87. The number of carbonyl (C=O) groups excluding carboxylic acids is 2. The fraction of sp³-hybridized carbons (Fsp3) is 0.353. The molecule has 1 heterocycles. The highest BCUT2D eigenvalue weighted by atomic mass is 79.9. The lowest BCUT2D eigenvalue weighted by molar-refractivity contribution is -0.119. The molecule has 2 rings (SSSR count). The van der Waals surface area contributed by atoms with Crippen molar-refractivity contribution in [2.24, 2.45) is 7.05 Å². The van der Waals surface area contributed by atoms with Crippen LogP contribution in [0, 0.1) is 13.8 Å². The summed E-state index contributed by atoms with van der Waals surface area (Å²) in [7, 11) is 3.55. The monoisotopic (exact) mass is 407 g/mol. The van der Waals surface area contributed by atoms with Gasteiger partial charge in [-0.25, -0.2) is 0 Å². The number of aryl methyl sites for hydroxylation is 2. The van der Waals surface area contributed by atoms with E-state index < -0.39 is 0 Å². The van der Waals surface area contributed by atoms with Crippen LogP contribution in [0.1, 0.15) is 11.4 Å². The highest BCUT2D eigenvalue weighted by Gasteiger charge is 2.15. The summed E-state index contributed by atoms with van der Waals surface area (Å²) in [6, 6.07) is 7.38. The van der Waals surface area contributed by atoms with Crippen LogP contribution >= 0.6 is 15.9 Å². The first-order chi connectivity index (χ1) is 11.8. The Morgan fingerprint density at radius 3 is 2.32 bits per heavy atom. The number of para-hydroxylation sites is 1. The molecule has 0 unspecified atom stereocenters. The second kappa shape index (κ2) is 8.26. The molecule has 2 aromatic rings. The predicted molar refractivity (Wildman–Crippen MR) is 102 cm³/mol. The maximum Gasteiger partial charge on any atom is 0.238 e. The molecule has 2 amide bonds. The molecule has 8 heteroatoms. The van der Waals surface area contributed by atoms with Crippen LogP contribution in [0.15, 0.2) is 28.7 Å². The molecule has 25 heavy (non-hydrogen) atoms. The molecule has 0 aliphatic carbocycles. The molecule has 0 spiro atoms. The van der Waals surface area contributed by atoms with Gasteiger partial charge in [0.25, 0.3) is 0 Å². The molecule has 0 fully saturated rings. The third-order valence-corrected chi connectivity index (χ3v) is 4.44. The Morgan fingerprint density at radius 2 is 1.76 bits per heavy atom. The Morgan fingerprint density at radius 1 is 1.16 bits per heavy atom. The molecule has 1 aromatic heterocycles. The lowest BCUT2D eigenvalue weighted by Crippen LogP contribution is -2.36. The van der Waals surface area contributed by atoms with Crippen LogP contribution in [0.25, 0.3) is 0 Å². The van der Waals surface area contributed by atoms with Gasteiger partial charge in [0.2, 0.25) is 11.8 Å².